The van der Waals surface area contributed by atoms with Crippen LogP contribution in [0.4, 0.5) is 8.78 Å². The van der Waals surface area contributed by atoms with Crippen LogP contribution in [0.15, 0.2) is 17.0 Å². The lowest BCUT2D eigenvalue weighted by Gasteiger charge is -2.06. The summed E-state index contributed by atoms with van der Waals surface area (Å²) in [6.45, 7) is 0.648. The molecule has 0 unspecified atom stereocenters. The van der Waals surface area contributed by atoms with Gasteiger partial charge in [-0.3, -0.25) is 0 Å². The Morgan fingerprint density at radius 2 is 2.00 bits per heavy atom. The minimum atomic E-state index is -0.730. The molecule has 0 aliphatic rings. The van der Waals surface area contributed by atoms with Gasteiger partial charge in [0.2, 0.25) is 0 Å². The molecule has 1 aromatic carbocycles. The molecule has 0 aliphatic heterocycles. The SMILES string of the molecule is CNCCc1ccc(SC)c(F)c1F. The van der Waals surface area contributed by atoms with E-state index in [1.807, 2.05) is 0 Å². The monoisotopic (exact) mass is 217 g/mol. The van der Waals surface area contributed by atoms with Gasteiger partial charge in [-0.05, 0) is 37.9 Å². The minimum Gasteiger partial charge on any atom is -0.319 e. The van der Waals surface area contributed by atoms with Gasteiger partial charge in [-0.1, -0.05) is 6.07 Å². The molecule has 1 rings (SSSR count). The number of nitrogens with one attached hydrogen (secondary N) is 1. The van der Waals surface area contributed by atoms with E-state index in [1.165, 1.54) is 11.8 Å². The van der Waals surface area contributed by atoms with Crippen LogP contribution in [0.1, 0.15) is 5.56 Å². The number of hydrogen-bond donors (Lipinski definition) is 1. The Morgan fingerprint density at radius 1 is 1.29 bits per heavy atom. The molecule has 1 nitrogen and oxygen atoms in total. The fraction of sp³-hybridized carbons (Fsp3) is 0.400. The third-order valence-electron chi connectivity index (χ3n) is 1.99. The highest BCUT2D eigenvalue weighted by Gasteiger charge is 2.11. The molecule has 0 heterocycles. The number of rotatable bonds is 4. The van der Waals surface area contributed by atoms with Gasteiger partial charge in [0, 0.05) is 4.90 Å². The molecule has 0 bridgehead atoms. The van der Waals surface area contributed by atoms with Gasteiger partial charge in [-0.15, -0.1) is 11.8 Å². The van der Waals surface area contributed by atoms with Crippen LogP contribution in [0.5, 0.6) is 0 Å². The van der Waals surface area contributed by atoms with Gasteiger partial charge in [-0.2, -0.15) is 0 Å². The van der Waals surface area contributed by atoms with Crippen LogP contribution in [0, 0.1) is 11.6 Å². The van der Waals surface area contributed by atoms with E-state index in [1.54, 1.807) is 25.4 Å². The summed E-state index contributed by atoms with van der Waals surface area (Å²) in [6.07, 6.45) is 2.24. The predicted molar refractivity (Wildman–Crippen MR) is 55.8 cm³/mol. The third-order valence-corrected chi connectivity index (χ3v) is 2.75. The van der Waals surface area contributed by atoms with E-state index < -0.39 is 11.6 Å². The minimum absolute atomic E-state index is 0.357. The van der Waals surface area contributed by atoms with Crippen LogP contribution in [0.25, 0.3) is 0 Å². The average molecular weight is 217 g/mol. The summed E-state index contributed by atoms with van der Waals surface area (Å²) in [5.41, 5.74) is 0.426. The van der Waals surface area contributed by atoms with Crippen molar-refractivity contribution in [3.63, 3.8) is 0 Å². The van der Waals surface area contributed by atoms with Crippen molar-refractivity contribution in [3.05, 3.63) is 29.3 Å². The summed E-state index contributed by atoms with van der Waals surface area (Å²) < 4.78 is 26.6. The molecular weight excluding hydrogens is 204 g/mol. The van der Waals surface area contributed by atoms with Gasteiger partial charge in [0.1, 0.15) is 0 Å². The predicted octanol–water partition coefficient (Wildman–Crippen LogP) is 2.45. The third kappa shape index (κ3) is 2.45. The van der Waals surface area contributed by atoms with Crippen LogP contribution >= 0.6 is 11.8 Å². The first-order valence-electron chi connectivity index (χ1n) is 4.36. The van der Waals surface area contributed by atoms with Crippen molar-refractivity contribution in [2.75, 3.05) is 19.8 Å². The van der Waals surface area contributed by atoms with Crippen LogP contribution in [-0.4, -0.2) is 19.8 Å². The van der Waals surface area contributed by atoms with Crippen molar-refractivity contribution >= 4 is 11.8 Å². The van der Waals surface area contributed by atoms with Crippen LogP contribution in [-0.2, 0) is 6.42 Å². The van der Waals surface area contributed by atoms with Crippen molar-refractivity contribution in [2.24, 2.45) is 0 Å². The molecule has 0 aromatic heterocycles. The van der Waals surface area contributed by atoms with Crippen LogP contribution < -0.4 is 5.32 Å². The van der Waals surface area contributed by atoms with Crippen molar-refractivity contribution in [2.45, 2.75) is 11.3 Å². The summed E-state index contributed by atoms with van der Waals surface area (Å²) in [6, 6.07) is 3.26. The molecule has 0 amide bonds. The highest BCUT2D eigenvalue weighted by molar-refractivity contribution is 7.98. The fourth-order valence-corrected chi connectivity index (χ4v) is 1.66. The molecule has 0 aliphatic carbocycles. The van der Waals surface area contributed by atoms with Crippen molar-refractivity contribution in [1.82, 2.24) is 5.32 Å². The maximum absolute atomic E-state index is 13.4. The molecule has 0 atom stereocenters. The number of hydrogen-bond acceptors (Lipinski definition) is 2. The van der Waals surface area contributed by atoms with Crippen molar-refractivity contribution in [1.29, 1.82) is 0 Å². The van der Waals surface area contributed by atoms with Gasteiger partial charge in [0.25, 0.3) is 0 Å². The standard InChI is InChI=1S/C10H13F2NS/c1-13-6-5-7-3-4-8(14-2)10(12)9(7)11/h3-4,13H,5-6H2,1-2H3. The normalized spacial score (nSPS) is 10.6. The van der Waals surface area contributed by atoms with Gasteiger partial charge >= 0.3 is 0 Å². The molecule has 78 valence electrons. The summed E-state index contributed by atoms with van der Waals surface area (Å²) in [7, 11) is 1.78. The van der Waals surface area contributed by atoms with Crippen LogP contribution in [0.2, 0.25) is 0 Å². The summed E-state index contributed by atoms with van der Waals surface area (Å²) in [5.74, 6) is -1.45. The van der Waals surface area contributed by atoms with E-state index in [0.717, 1.165) is 0 Å². The van der Waals surface area contributed by atoms with E-state index >= 15 is 0 Å². The maximum atomic E-state index is 13.4. The topological polar surface area (TPSA) is 12.0 Å². The van der Waals surface area contributed by atoms with Gasteiger partial charge in [0.05, 0.1) is 0 Å². The zero-order valence-electron chi connectivity index (χ0n) is 8.23. The molecular formula is C10H13F2NS. The van der Waals surface area contributed by atoms with E-state index in [0.29, 0.717) is 23.4 Å². The second-order valence-electron chi connectivity index (χ2n) is 2.91. The van der Waals surface area contributed by atoms with Crippen LogP contribution in [0.3, 0.4) is 0 Å². The van der Waals surface area contributed by atoms with E-state index in [9.17, 15) is 8.78 Å². The quantitative estimate of drug-likeness (QED) is 0.777. The van der Waals surface area contributed by atoms with E-state index in [-0.39, 0.29) is 0 Å². The Kier molecular flexibility index (Phi) is 4.35. The van der Waals surface area contributed by atoms with E-state index in [2.05, 4.69) is 5.32 Å². The van der Waals surface area contributed by atoms with Gasteiger partial charge in [-0.25, -0.2) is 8.78 Å². The fourth-order valence-electron chi connectivity index (χ4n) is 1.18. The van der Waals surface area contributed by atoms with Gasteiger partial charge < -0.3 is 5.32 Å². The van der Waals surface area contributed by atoms with Crippen molar-refractivity contribution < 1.29 is 8.78 Å². The molecule has 14 heavy (non-hydrogen) atoms. The summed E-state index contributed by atoms with van der Waals surface area (Å²) >= 11 is 1.21. The summed E-state index contributed by atoms with van der Waals surface area (Å²) in [4.78, 5) is 0.357. The van der Waals surface area contributed by atoms with E-state index in [4.69, 9.17) is 0 Å². The van der Waals surface area contributed by atoms with Gasteiger partial charge in [0.15, 0.2) is 11.6 Å². The molecule has 0 radical (unpaired) electrons. The molecule has 0 saturated heterocycles. The lowest BCUT2D eigenvalue weighted by Crippen LogP contribution is -2.11. The lowest BCUT2D eigenvalue weighted by atomic mass is 10.1. The van der Waals surface area contributed by atoms with Crippen molar-refractivity contribution in [3.8, 4) is 0 Å². The number of halogens is 2. The number of thioether (sulfide) groups is 1. The second-order valence-corrected chi connectivity index (χ2v) is 3.76. The molecule has 4 heteroatoms. The Bertz CT molecular complexity index is 315. The molecule has 1 aromatic rings. The molecule has 1 N–H and O–H groups in total. The second kappa shape index (κ2) is 5.32. The maximum Gasteiger partial charge on any atom is 0.172 e. The Balaban J connectivity index is 2.92. The first kappa shape index (κ1) is 11.5. The Labute approximate surface area is 86.9 Å². The summed E-state index contributed by atoms with van der Waals surface area (Å²) in [5, 5.41) is 2.90. The molecule has 0 saturated carbocycles. The number of benzene rings is 1. The Morgan fingerprint density at radius 3 is 2.57 bits per heavy atom. The zero-order valence-corrected chi connectivity index (χ0v) is 9.05. The first-order valence-corrected chi connectivity index (χ1v) is 5.58. The average Bonchev–Trinajstić information content (AvgIpc) is 2.20. The lowest BCUT2D eigenvalue weighted by molar-refractivity contribution is 0.481. The highest BCUT2D eigenvalue weighted by atomic mass is 32.2. The molecule has 0 fully saturated rings. The largest absolute Gasteiger partial charge is 0.319 e. The molecule has 0 spiro atoms. The highest BCUT2D eigenvalue weighted by Crippen LogP contribution is 2.23. The Hall–Kier alpha value is -0.610. The number of likely N-dealkylation sites (N-methyl/N-ethyl adjacent to an activating group) is 1. The zero-order chi connectivity index (χ0) is 10.6. The smallest absolute Gasteiger partial charge is 0.172 e. The first-order chi connectivity index (χ1) is 6.70.